The predicted octanol–water partition coefficient (Wildman–Crippen LogP) is 5.10. The third-order valence-electron chi connectivity index (χ3n) is 7.62. The Hall–Kier alpha value is -3.56. The Kier molecular flexibility index (Phi) is 11.3. The first kappa shape index (κ1) is 31.4. The van der Waals surface area contributed by atoms with E-state index in [1.54, 1.807) is 41.3 Å². The number of sulfonamides is 1. The SMILES string of the molecule is CCCCNC(=O)C(Cc1ccccc1)N(Cc1ccc(F)cc1)C(=O)CCc1ccc(S(=O)(=O)N2CCCC2)cc1. The lowest BCUT2D eigenvalue weighted by atomic mass is 10.0. The first-order chi connectivity index (χ1) is 20.3. The predicted molar refractivity (Wildman–Crippen MR) is 162 cm³/mol. The summed E-state index contributed by atoms with van der Waals surface area (Å²) in [4.78, 5) is 29.2. The van der Waals surface area contributed by atoms with Gasteiger partial charge in [-0.1, -0.05) is 67.9 Å². The van der Waals surface area contributed by atoms with Gasteiger partial charge in [-0.2, -0.15) is 4.31 Å². The van der Waals surface area contributed by atoms with Crippen LogP contribution in [-0.2, 0) is 39.0 Å². The molecule has 0 radical (unpaired) electrons. The lowest BCUT2D eigenvalue weighted by Crippen LogP contribution is -2.50. The van der Waals surface area contributed by atoms with Gasteiger partial charge in [0, 0.05) is 39.0 Å². The molecule has 224 valence electrons. The number of nitrogens with one attached hydrogen (secondary N) is 1. The first-order valence-corrected chi connectivity index (χ1v) is 16.2. The van der Waals surface area contributed by atoms with Gasteiger partial charge in [0.15, 0.2) is 0 Å². The van der Waals surface area contributed by atoms with E-state index in [0.29, 0.717) is 32.5 Å². The Bertz CT molecular complexity index is 1410. The van der Waals surface area contributed by atoms with Crippen molar-refractivity contribution in [1.29, 1.82) is 0 Å². The van der Waals surface area contributed by atoms with Gasteiger partial charge in [0.1, 0.15) is 11.9 Å². The number of carbonyl (C=O) groups is 2. The average molecular weight is 594 g/mol. The topological polar surface area (TPSA) is 86.8 Å². The van der Waals surface area contributed by atoms with Crippen molar-refractivity contribution in [1.82, 2.24) is 14.5 Å². The van der Waals surface area contributed by atoms with Crippen molar-refractivity contribution in [3.05, 3.63) is 101 Å². The van der Waals surface area contributed by atoms with Crippen molar-refractivity contribution in [2.75, 3.05) is 19.6 Å². The Morgan fingerprint density at radius 3 is 2.19 bits per heavy atom. The van der Waals surface area contributed by atoms with Gasteiger partial charge in [-0.05, 0) is 66.6 Å². The highest BCUT2D eigenvalue weighted by Crippen LogP contribution is 2.22. The highest BCUT2D eigenvalue weighted by molar-refractivity contribution is 7.89. The first-order valence-electron chi connectivity index (χ1n) is 14.7. The molecule has 4 rings (SSSR count). The summed E-state index contributed by atoms with van der Waals surface area (Å²) < 4.78 is 40.9. The highest BCUT2D eigenvalue weighted by atomic mass is 32.2. The zero-order valence-electron chi connectivity index (χ0n) is 24.2. The summed E-state index contributed by atoms with van der Waals surface area (Å²) >= 11 is 0. The summed E-state index contributed by atoms with van der Waals surface area (Å²) in [6.07, 6.45) is 4.37. The van der Waals surface area contributed by atoms with Gasteiger partial charge in [-0.25, -0.2) is 12.8 Å². The lowest BCUT2D eigenvalue weighted by Gasteiger charge is -2.31. The molecule has 1 aliphatic heterocycles. The summed E-state index contributed by atoms with van der Waals surface area (Å²) in [7, 11) is -3.51. The van der Waals surface area contributed by atoms with Crippen molar-refractivity contribution < 1.29 is 22.4 Å². The second-order valence-corrected chi connectivity index (χ2v) is 12.7. The minimum atomic E-state index is -3.51. The molecule has 0 saturated carbocycles. The van der Waals surface area contributed by atoms with E-state index in [1.807, 2.05) is 37.3 Å². The van der Waals surface area contributed by atoms with Gasteiger partial charge >= 0.3 is 0 Å². The molecule has 0 aromatic heterocycles. The van der Waals surface area contributed by atoms with E-state index in [1.165, 1.54) is 16.4 Å². The van der Waals surface area contributed by atoms with Crippen LogP contribution < -0.4 is 5.32 Å². The molecule has 1 atom stereocenters. The average Bonchev–Trinajstić information content (AvgIpc) is 3.56. The summed E-state index contributed by atoms with van der Waals surface area (Å²) in [5.74, 6) is -0.802. The molecule has 1 unspecified atom stereocenters. The van der Waals surface area contributed by atoms with Gasteiger partial charge in [-0.15, -0.1) is 0 Å². The third-order valence-corrected chi connectivity index (χ3v) is 9.53. The van der Waals surface area contributed by atoms with Crippen molar-refractivity contribution in [2.45, 2.75) is 69.4 Å². The number of benzene rings is 3. The van der Waals surface area contributed by atoms with E-state index in [9.17, 15) is 22.4 Å². The van der Waals surface area contributed by atoms with Crippen LogP contribution in [0, 0.1) is 5.82 Å². The van der Waals surface area contributed by atoms with Crippen molar-refractivity contribution in [3.8, 4) is 0 Å². The molecule has 9 heteroatoms. The largest absolute Gasteiger partial charge is 0.354 e. The fourth-order valence-electron chi connectivity index (χ4n) is 5.15. The van der Waals surface area contributed by atoms with Gasteiger partial charge in [0.25, 0.3) is 0 Å². The van der Waals surface area contributed by atoms with E-state index in [4.69, 9.17) is 0 Å². The monoisotopic (exact) mass is 593 g/mol. The minimum Gasteiger partial charge on any atom is -0.354 e. The molecule has 42 heavy (non-hydrogen) atoms. The number of unbranched alkanes of at least 4 members (excludes halogenated alkanes) is 1. The number of carbonyl (C=O) groups excluding carboxylic acids is 2. The molecule has 1 heterocycles. The summed E-state index contributed by atoms with van der Waals surface area (Å²) in [6, 6.07) is 21.5. The number of hydrogen-bond acceptors (Lipinski definition) is 4. The quantitative estimate of drug-likeness (QED) is 0.264. The van der Waals surface area contributed by atoms with Crippen LogP contribution in [0.3, 0.4) is 0 Å². The fraction of sp³-hybridized carbons (Fsp3) is 0.394. The zero-order chi connectivity index (χ0) is 30.0. The van der Waals surface area contributed by atoms with Crippen LogP contribution in [0.4, 0.5) is 4.39 Å². The van der Waals surface area contributed by atoms with Gasteiger partial charge in [0.05, 0.1) is 4.90 Å². The van der Waals surface area contributed by atoms with Crippen LogP contribution in [0.25, 0.3) is 0 Å². The Labute approximate surface area is 248 Å². The Morgan fingerprint density at radius 1 is 0.905 bits per heavy atom. The molecule has 0 aliphatic carbocycles. The minimum absolute atomic E-state index is 0.132. The zero-order valence-corrected chi connectivity index (χ0v) is 25.0. The number of aryl methyl sites for hydroxylation is 1. The van der Waals surface area contributed by atoms with E-state index in [0.717, 1.165) is 42.4 Å². The molecule has 7 nitrogen and oxygen atoms in total. The van der Waals surface area contributed by atoms with Crippen LogP contribution in [0.2, 0.25) is 0 Å². The number of halogens is 1. The number of hydrogen-bond donors (Lipinski definition) is 1. The molecular formula is C33H40FN3O4S. The molecule has 0 spiro atoms. The summed E-state index contributed by atoms with van der Waals surface area (Å²) in [6.45, 7) is 3.81. The maximum absolute atomic E-state index is 13.8. The van der Waals surface area contributed by atoms with Gasteiger partial charge in [0.2, 0.25) is 21.8 Å². The third kappa shape index (κ3) is 8.49. The molecule has 1 fully saturated rings. The summed E-state index contributed by atoms with van der Waals surface area (Å²) in [5.41, 5.74) is 2.48. The lowest BCUT2D eigenvalue weighted by molar-refractivity contribution is -0.141. The molecular weight excluding hydrogens is 553 g/mol. The number of amides is 2. The Morgan fingerprint density at radius 2 is 1.55 bits per heavy atom. The second-order valence-electron chi connectivity index (χ2n) is 10.8. The van der Waals surface area contributed by atoms with Crippen molar-refractivity contribution in [2.24, 2.45) is 0 Å². The maximum Gasteiger partial charge on any atom is 0.243 e. The van der Waals surface area contributed by atoms with Gasteiger partial charge in [-0.3, -0.25) is 9.59 Å². The van der Waals surface area contributed by atoms with E-state index < -0.39 is 16.1 Å². The fourth-order valence-corrected chi connectivity index (χ4v) is 6.66. The summed E-state index contributed by atoms with van der Waals surface area (Å²) in [5, 5.41) is 3.00. The molecule has 0 bridgehead atoms. The van der Waals surface area contributed by atoms with Crippen molar-refractivity contribution >= 4 is 21.8 Å². The van der Waals surface area contributed by atoms with Crippen LogP contribution in [0.15, 0.2) is 83.8 Å². The standard InChI is InChI=1S/C33H40FN3O4S/c1-2-3-21-35-33(39)31(24-27-9-5-4-6-10-27)37(25-28-11-16-29(34)17-12-28)32(38)20-15-26-13-18-30(19-14-26)42(40,41)36-22-7-8-23-36/h4-6,9-14,16-19,31H,2-3,7-8,15,20-25H2,1H3,(H,35,39). The molecule has 3 aromatic carbocycles. The molecule has 1 aliphatic rings. The number of rotatable bonds is 14. The molecule has 3 aromatic rings. The second kappa shape index (κ2) is 15.1. The maximum atomic E-state index is 13.8. The van der Waals surface area contributed by atoms with E-state index >= 15 is 0 Å². The Balaban J connectivity index is 1.54. The molecule has 2 amide bonds. The van der Waals surface area contributed by atoms with Crippen LogP contribution in [0.5, 0.6) is 0 Å². The highest BCUT2D eigenvalue weighted by Gasteiger charge is 2.30. The van der Waals surface area contributed by atoms with Crippen LogP contribution >= 0.6 is 0 Å². The van der Waals surface area contributed by atoms with Crippen LogP contribution in [-0.4, -0.2) is 55.1 Å². The molecule has 1 saturated heterocycles. The smallest absolute Gasteiger partial charge is 0.243 e. The van der Waals surface area contributed by atoms with E-state index in [-0.39, 0.29) is 35.5 Å². The van der Waals surface area contributed by atoms with Crippen LogP contribution in [0.1, 0.15) is 55.7 Å². The normalized spacial score (nSPS) is 14.4. The van der Waals surface area contributed by atoms with Crippen molar-refractivity contribution in [3.63, 3.8) is 0 Å². The number of nitrogens with zero attached hydrogens (tertiary/aromatic N) is 2. The van der Waals surface area contributed by atoms with E-state index in [2.05, 4.69) is 5.32 Å². The molecule has 1 N–H and O–H groups in total. The van der Waals surface area contributed by atoms with Gasteiger partial charge < -0.3 is 10.2 Å².